The lowest BCUT2D eigenvalue weighted by Gasteiger charge is -2.37. The third-order valence-corrected chi connectivity index (χ3v) is 4.52. The maximum absolute atomic E-state index is 12.0. The molecule has 0 saturated carbocycles. The highest BCUT2D eigenvalue weighted by Gasteiger charge is 2.39. The van der Waals surface area contributed by atoms with E-state index in [1.807, 2.05) is 0 Å². The Labute approximate surface area is 102 Å². The van der Waals surface area contributed by atoms with Gasteiger partial charge in [-0.15, -0.1) is 0 Å². The summed E-state index contributed by atoms with van der Waals surface area (Å²) < 4.78 is 27.9. The molecule has 0 unspecified atom stereocenters. The summed E-state index contributed by atoms with van der Waals surface area (Å²) in [7, 11) is -2.03. The third kappa shape index (κ3) is 3.05. The van der Waals surface area contributed by atoms with Gasteiger partial charge in [-0.3, -0.25) is 4.68 Å². The Hall–Kier alpha value is -0.920. The molecule has 0 saturated heterocycles. The van der Waals surface area contributed by atoms with Crippen LogP contribution in [0.15, 0.2) is 17.3 Å². The summed E-state index contributed by atoms with van der Waals surface area (Å²) in [5, 5.41) is 13.7. The first-order chi connectivity index (χ1) is 7.46. The average Bonchev–Trinajstić information content (AvgIpc) is 2.48. The van der Waals surface area contributed by atoms with Crippen LogP contribution in [-0.2, 0) is 17.1 Å². The van der Waals surface area contributed by atoms with Gasteiger partial charge >= 0.3 is 0 Å². The summed E-state index contributed by atoms with van der Waals surface area (Å²) in [4.78, 5) is 0.0809. The number of rotatable bonds is 4. The van der Waals surface area contributed by atoms with Gasteiger partial charge < -0.3 is 5.11 Å². The van der Waals surface area contributed by atoms with Gasteiger partial charge in [-0.25, -0.2) is 13.1 Å². The van der Waals surface area contributed by atoms with Crippen molar-refractivity contribution < 1.29 is 13.5 Å². The number of nitrogens with one attached hydrogen (secondary N) is 1. The van der Waals surface area contributed by atoms with E-state index in [1.54, 1.807) is 34.7 Å². The summed E-state index contributed by atoms with van der Waals surface area (Å²) in [6, 6.07) is 0. The van der Waals surface area contributed by atoms with Crippen molar-refractivity contribution >= 4 is 10.0 Å². The monoisotopic (exact) mass is 261 g/mol. The van der Waals surface area contributed by atoms with E-state index in [0.717, 1.165) is 0 Å². The van der Waals surface area contributed by atoms with Crippen molar-refractivity contribution in [2.75, 3.05) is 0 Å². The molecule has 1 aromatic heterocycles. The highest BCUT2D eigenvalue weighted by Crippen LogP contribution is 2.23. The zero-order valence-electron chi connectivity index (χ0n) is 10.7. The number of aryl methyl sites for hydroxylation is 1. The normalized spacial score (nSPS) is 14.0. The number of aliphatic hydroxyl groups is 1. The number of aromatic nitrogens is 2. The molecule has 98 valence electrons. The fourth-order valence-corrected chi connectivity index (χ4v) is 2.57. The van der Waals surface area contributed by atoms with E-state index in [9.17, 15) is 13.5 Å². The van der Waals surface area contributed by atoms with Gasteiger partial charge in [0.15, 0.2) is 0 Å². The fraction of sp³-hybridized carbons (Fsp3) is 0.700. The number of nitrogens with zero attached hydrogens (tertiary/aromatic N) is 2. The predicted octanol–water partition coefficient (Wildman–Crippen LogP) is 0.248. The van der Waals surface area contributed by atoms with Gasteiger partial charge in [0.25, 0.3) is 0 Å². The molecule has 0 aromatic carbocycles. The Balaban J connectivity index is 3.03. The Morgan fingerprint density at radius 3 is 2.24 bits per heavy atom. The van der Waals surface area contributed by atoms with E-state index in [4.69, 9.17) is 0 Å². The van der Waals surface area contributed by atoms with E-state index in [2.05, 4.69) is 9.82 Å². The molecular weight excluding hydrogens is 242 g/mol. The van der Waals surface area contributed by atoms with Crippen molar-refractivity contribution in [3.8, 4) is 0 Å². The van der Waals surface area contributed by atoms with Crippen LogP contribution >= 0.6 is 0 Å². The van der Waals surface area contributed by atoms with Crippen LogP contribution in [0.2, 0.25) is 0 Å². The van der Waals surface area contributed by atoms with Crippen molar-refractivity contribution in [2.24, 2.45) is 7.05 Å². The molecule has 0 aliphatic heterocycles. The van der Waals surface area contributed by atoms with Crippen LogP contribution in [0.4, 0.5) is 0 Å². The third-order valence-electron chi connectivity index (χ3n) is 2.91. The van der Waals surface area contributed by atoms with Crippen molar-refractivity contribution in [3.05, 3.63) is 12.4 Å². The number of sulfonamides is 1. The molecule has 6 nitrogen and oxygen atoms in total. The standard InChI is InChI=1S/C10H19N3O3S/c1-9(2,10(3,4)14)12-17(15,16)8-6-11-13(5)7-8/h6-7,12,14H,1-5H3. The van der Waals surface area contributed by atoms with Gasteiger partial charge in [-0.1, -0.05) is 0 Å². The minimum Gasteiger partial charge on any atom is -0.389 e. The molecule has 0 fully saturated rings. The minimum absolute atomic E-state index is 0.0809. The highest BCUT2D eigenvalue weighted by atomic mass is 32.2. The maximum atomic E-state index is 12.0. The molecule has 0 atom stereocenters. The van der Waals surface area contributed by atoms with Gasteiger partial charge in [-0.2, -0.15) is 5.10 Å². The topological polar surface area (TPSA) is 84.2 Å². The van der Waals surface area contributed by atoms with Crippen molar-refractivity contribution in [1.29, 1.82) is 0 Å². The molecule has 0 amide bonds. The average molecular weight is 261 g/mol. The Morgan fingerprint density at radius 2 is 1.88 bits per heavy atom. The van der Waals surface area contributed by atoms with Gasteiger partial charge in [0, 0.05) is 13.2 Å². The van der Waals surface area contributed by atoms with Crippen molar-refractivity contribution in [2.45, 2.75) is 43.7 Å². The molecule has 1 aromatic rings. The van der Waals surface area contributed by atoms with Crippen LogP contribution in [0.1, 0.15) is 27.7 Å². The van der Waals surface area contributed by atoms with Crippen LogP contribution in [0.3, 0.4) is 0 Å². The summed E-state index contributed by atoms with van der Waals surface area (Å²) in [5.74, 6) is 0. The fourth-order valence-electron chi connectivity index (χ4n) is 1.06. The second kappa shape index (κ2) is 4.08. The van der Waals surface area contributed by atoms with Gasteiger partial charge in [0.05, 0.1) is 17.3 Å². The van der Waals surface area contributed by atoms with Crippen molar-refractivity contribution in [3.63, 3.8) is 0 Å². The lowest BCUT2D eigenvalue weighted by molar-refractivity contribution is 0.00639. The Kier molecular flexibility index (Phi) is 3.39. The van der Waals surface area contributed by atoms with Crippen LogP contribution in [-0.4, -0.2) is 34.4 Å². The molecule has 1 rings (SSSR count). The maximum Gasteiger partial charge on any atom is 0.244 e. The van der Waals surface area contributed by atoms with Crippen LogP contribution in [0.5, 0.6) is 0 Å². The summed E-state index contributed by atoms with van der Waals surface area (Å²) in [6.45, 7) is 6.36. The molecule has 2 N–H and O–H groups in total. The van der Waals surface area contributed by atoms with Crippen molar-refractivity contribution in [1.82, 2.24) is 14.5 Å². The Morgan fingerprint density at radius 1 is 1.35 bits per heavy atom. The van der Waals surface area contributed by atoms with Gasteiger partial charge in [-0.05, 0) is 27.7 Å². The van der Waals surface area contributed by atoms with Crippen LogP contribution in [0.25, 0.3) is 0 Å². The Bertz CT molecular complexity index is 497. The predicted molar refractivity (Wildman–Crippen MR) is 63.9 cm³/mol. The highest BCUT2D eigenvalue weighted by molar-refractivity contribution is 7.89. The van der Waals surface area contributed by atoms with E-state index < -0.39 is 21.2 Å². The van der Waals surface area contributed by atoms with Gasteiger partial charge in [0.1, 0.15) is 4.90 Å². The zero-order valence-corrected chi connectivity index (χ0v) is 11.5. The minimum atomic E-state index is -3.67. The van der Waals surface area contributed by atoms with E-state index >= 15 is 0 Å². The summed E-state index contributed by atoms with van der Waals surface area (Å²) in [5.41, 5.74) is -2.16. The molecule has 17 heavy (non-hydrogen) atoms. The lowest BCUT2D eigenvalue weighted by atomic mass is 9.87. The molecule has 0 spiro atoms. The number of hydrogen-bond acceptors (Lipinski definition) is 4. The molecule has 0 aliphatic rings. The van der Waals surface area contributed by atoms with Gasteiger partial charge in [0.2, 0.25) is 10.0 Å². The molecule has 0 bridgehead atoms. The summed E-state index contributed by atoms with van der Waals surface area (Å²) >= 11 is 0. The molecular formula is C10H19N3O3S. The molecule has 0 radical (unpaired) electrons. The first-order valence-corrected chi connectivity index (χ1v) is 6.69. The molecule has 0 aliphatic carbocycles. The van der Waals surface area contributed by atoms with Crippen LogP contribution < -0.4 is 4.72 Å². The largest absolute Gasteiger partial charge is 0.389 e. The first kappa shape index (κ1) is 14.1. The smallest absolute Gasteiger partial charge is 0.244 e. The van der Waals surface area contributed by atoms with E-state index in [0.29, 0.717) is 0 Å². The van der Waals surface area contributed by atoms with E-state index in [1.165, 1.54) is 17.1 Å². The quantitative estimate of drug-likeness (QED) is 0.813. The SMILES string of the molecule is Cn1cc(S(=O)(=O)NC(C)(C)C(C)(C)O)cn1. The zero-order chi connectivity index (χ0) is 13.5. The lowest BCUT2D eigenvalue weighted by Crippen LogP contribution is -2.57. The van der Waals surface area contributed by atoms with Crippen LogP contribution in [0, 0.1) is 0 Å². The number of hydrogen-bond donors (Lipinski definition) is 2. The molecule has 1 heterocycles. The first-order valence-electron chi connectivity index (χ1n) is 5.21. The summed E-state index contributed by atoms with van der Waals surface area (Å²) in [6.07, 6.45) is 2.67. The van der Waals surface area contributed by atoms with E-state index in [-0.39, 0.29) is 4.90 Å². The second-order valence-corrected chi connectivity index (χ2v) is 6.82. The second-order valence-electron chi connectivity index (χ2n) is 5.14. The molecule has 7 heteroatoms.